The van der Waals surface area contributed by atoms with E-state index in [0.717, 1.165) is 28.4 Å². The molecular weight excluding hydrogens is 320 g/mol. The molecule has 0 saturated carbocycles. The van der Waals surface area contributed by atoms with Gasteiger partial charge >= 0.3 is 0 Å². The second-order valence-electron chi connectivity index (χ2n) is 4.44. The molecule has 1 aromatic rings. The van der Waals surface area contributed by atoms with E-state index in [1.165, 1.54) is 11.3 Å². The lowest BCUT2D eigenvalue weighted by Crippen LogP contribution is -2.29. The van der Waals surface area contributed by atoms with Gasteiger partial charge in [0.2, 0.25) is 0 Å². The molecule has 1 rings (SSSR count). The summed E-state index contributed by atoms with van der Waals surface area (Å²) in [5.41, 5.74) is 0. The van der Waals surface area contributed by atoms with Crippen LogP contribution in [0, 0.1) is 0 Å². The summed E-state index contributed by atoms with van der Waals surface area (Å²) in [6, 6.07) is 2.71. The van der Waals surface area contributed by atoms with E-state index in [4.69, 9.17) is 11.6 Å². The topological polar surface area (TPSA) is 15.3 Å². The Morgan fingerprint density at radius 2 is 2.24 bits per heavy atom. The predicted molar refractivity (Wildman–Crippen MR) is 81.1 cm³/mol. The zero-order chi connectivity index (χ0) is 12.8. The number of halogens is 2. The van der Waals surface area contributed by atoms with Crippen LogP contribution in [0.25, 0.3) is 0 Å². The molecule has 1 aromatic heterocycles. The van der Waals surface area contributed by atoms with Crippen LogP contribution in [-0.2, 0) is 6.54 Å². The maximum absolute atomic E-state index is 5.98. The number of nitrogens with zero attached hydrogens (tertiary/aromatic N) is 1. The first-order chi connectivity index (χ1) is 8.00. The minimum Gasteiger partial charge on any atom is -0.312 e. The van der Waals surface area contributed by atoms with E-state index in [2.05, 4.69) is 53.1 Å². The van der Waals surface area contributed by atoms with Crippen LogP contribution in [0.3, 0.4) is 0 Å². The van der Waals surface area contributed by atoms with Gasteiger partial charge in [-0.05, 0) is 62.4 Å². The molecular formula is C12H20BrClN2S. The highest BCUT2D eigenvalue weighted by Crippen LogP contribution is 2.31. The van der Waals surface area contributed by atoms with Gasteiger partial charge in [0.15, 0.2) is 0 Å². The van der Waals surface area contributed by atoms with E-state index in [-0.39, 0.29) is 0 Å². The van der Waals surface area contributed by atoms with Crippen molar-refractivity contribution < 1.29 is 0 Å². The fraction of sp³-hybridized carbons (Fsp3) is 0.667. The zero-order valence-corrected chi connectivity index (χ0v) is 13.8. The Morgan fingerprint density at radius 1 is 1.53 bits per heavy atom. The van der Waals surface area contributed by atoms with Crippen molar-refractivity contribution in [3.8, 4) is 0 Å². The number of nitrogens with one attached hydrogen (secondary N) is 1. The van der Waals surface area contributed by atoms with Crippen LogP contribution in [0.15, 0.2) is 10.5 Å². The quantitative estimate of drug-likeness (QED) is 0.756. The van der Waals surface area contributed by atoms with Crippen molar-refractivity contribution >= 4 is 38.9 Å². The molecule has 0 amide bonds. The third-order valence-corrected chi connectivity index (χ3v) is 5.22. The SMILES string of the molecule is CC(C)N(C)CCCNCc1cc(Br)c(Cl)s1. The average molecular weight is 340 g/mol. The van der Waals surface area contributed by atoms with Gasteiger partial charge in [0.1, 0.15) is 4.34 Å². The first-order valence-corrected chi connectivity index (χ1v) is 7.84. The summed E-state index contributed by atoms with van der Waals surface area (Å²) in [7, 11) is 2.17. The van der Waals surface area contributed by atoms with Gasteiger partial charge in [-0.2, -0.15) is 0 Å². The van der Waals surface area contributed by atoms with Crippen molar-refractivity contribution in [1.82, 2.24) is 10.2 Å². The van der Waals surface area contributed by atoms with Gasteiger partial charge in [0.05, 0.1) is 0 Å². The Labute approximate surface area is 121 Å². The first kappa shape index (κ1) is 15.4. The van der Waals surface area contributed by atoms with E-state index in [0.29, 0.717) is 6.04 Å². The monoisotopic (exact) mass is 338 g/mol. The molecule has 0 atom stereocenters. The third-order valence-electron chi connectivity index (χ3n) is 2.74. The molecule has 1 N–H and O–H groups in total. The van der Waals surface area contributed by atoms with Crippen LogP contribution in [-0.4, -0.2) is 31.1 Å². The Kier molecular flexibility index (Phi) is 7.04. The van der Waals surface area contributed by atoms with E-state index in [9.17, 15) is 0 Å². The summed E-state index contributed by atoms with van der Waals surface area (Å²) in [6.45, 7) is 7.53. The zero-order valence-electron chi connectivity index (χ0n) is 10.6. The van der Waals surface area contributed by atoms with Crippen LogP contribution >= 0.6 is 38.9 Å². The minimum atomic E-state index is 0.627. The first-order valence-electron chi connectivity index (χ1n) is 5.85. The highest BCUT2D eigenvalue weighted by Gasteiger charge is 2.04. The Hall–Kier alpha value is 0.390. The molecule has 0 bridgehead atoms. The molecule has 0 aliphatic carbocycles. The third kappa shape index (κ3) is 5.71. The molecule has 98 valence electrons. The Balaban J connectivity index is 2.12. The molecule has 1 heterocycles. The fourth-order valence-electron chi connectivity index (χ4n) is 1.40. The standard InChI is InChI=1S/C12H20BrClN2S/c1-9(2)16(3)6-4-5-15-8-10-7-11(13)12(14)17-10/h7,9,15H,4-6,8H2,1-3H3. The molecule has 0 saturated heterocycles. The summed E-state index contributed by atoms with van der Waals surface area (Å²) in [5.74, 6) is 0. The molecule has 0 unspecified atom stereocenters. The van der Waals surface area contributed by atoms with Crippen LogP contribution < -0.4 is 5.32 Å². The average Bonchev–Trinajstić information content (AvgIpc) is 2.57. The lowest BCUT2D eigenvalue weighted by atomic mass is 10.3. The molecule has 5 heteroatoms. The lowest BCUT2D eigenvalue weighted by Gasteiger charge is -2.20. The smallest absolute Gasteiger partial charge is 0.107 e. The molecule has 0 fully saturated rings. The maximum atomic E-state index is 5.98. The molecule has 0 spiro atoms. The van der Waals surface area contributed by atoms with Crippen molar-refractivity contribution in [3.05, 3.63) is 19.8 Å². The summed E-state index contributed by atoms with van der Waals surface area (Å²) in [4.78, 5) is 3.64. The summed E-state index contributed by atoms with van der Waals surface area (Å²) < 4.78 is 1.84. The molecule has 0 aromatic carbocycles. The molecule has 17 heavy (non-hydrogen) atoms. The van der Waals surface area contributed by atoms with Crippen molar-refractivity contribution in [1.29, 1.82) is 0 Å². The van der Waals surface area contributed by atoms with Gasteiger partial charge in [-0.3, -0.25) is 0 Å². The van der Waals surface area contributed by atoms with Gasteiger partial charge in [-0.1, -0.05) is 11.6 Å². The van der Waals surface area contributed by atoms with Gasteiger partial charge < -0.3 is 10.2 Å². The van der Waals surface area contributed by atoms with Crippen molar-refractivity contribution in [3.63, 3.8) is 0 Å². The van der Waals surface area contributed by atoms with Crippen LogP contribution in [0.1, 0.15) is 25.1 Å². The number of rotatable bonds is 7. The summed E-state index contributed by atoms with van der Waals surface area (Å²) in [5, 5.41) is 3.44. The Morgan fingerprint density at radius 3 is 2.76 bits per heavy atom. The highest BCUT2D eigenvalue weighted by atomic mass is 79.9. The van der Waals surface area contributed by atoms with E-state index in [1.54, 1.807) is 11.3 Å². The van der Waals surface area contributed by atoms with Gasteiger partial charge in [-0.15, -0.1) is 11.3 Å². The van der Waals surface area contributed by atoms with Crippen molar-refractivity contribution in [2.75, 3.05) is 20.1 Å². The summed E-state index contributed by atoms with van der Waals surface area (Å²) >= 11 is 11.0. The van der Waals surface area contributed by atoms with E-state index in [1.807, 2.05) is 0 Å². The molecule has 0 aliphatic rings. The highest BCUT2D eigenvalue weighted by molar-refractivity contribution is 9.10. The second kappa shape index (κ2) is 7.74. The fourth-order valence-corrected chi connectivity index (χ4v) is 3.16. The van der Waals surface area contributed by atoms with Crippen LogP contribution in [0.4, 0.5) is 0 Å². The Bertz CT molecular complexity index is 322. The maximum Gasteiger partial charge on any atom is 0.107 e. The van der Waals surface area contributed by atoms with E-state index < -0.39 is 0 Å². The molecule has 0 aliphatic heterocycles. The van der Waals surface area contributed by atoms with Gasteiger partial charge in [0, 0.05) is 21.9 Å². The normalized spacial score (nSPS) is 11.7. The largest absolute Gasteiger partial charge is 0.312 e. The molecule has 2 nitrogen and oxygen atoms in total. The second-order valence-corrected chi connectivity index (χ2v) is 7.03. The predicted octanol–water partition coefficient (Wildman–Crippen LogP) is 3.98. The van der Waals surface area contributed by atoms with Crippen LogP contribution in [0.5, 0.6) is 0 Å². The van der Waals surface area contributed by atoms with Crippen LogP contribution in [0.2, 0.25) is 4.34 Å². The number of hydrogen-bond donors (Lipinski definition) is 1. The van der Waals surface area contributed by atoms with Gasteiger partial charge in [-0.25, -0.2) is 0 Å². The minimum absolute atomic E-state index is 0.627. The number of thiophene rings is 1. The van der Waals surface area contributed by atoms with Gasteiger partial charge in [0.25, 0.3) is 0 Å². The lowest BCUT2D eigenvalue weighted by molar-refractivity contribution is 0.269. The van der Waals surface area contributed by atoms with Crippen molar-refractivity contribution in [2.45, 2.75) is 32.9 Å². The number of hydrogen-bond acceptors (Lipinski definition) is 3. The van der Waals surface area contributed by atoms with E-state index >= 15 is 0 Å². The molecule has 0 radical (unpaired) electrons. The summed E-state index contributed by atoms with van der Waals surface area (Å²) in [6.07, 6.45) is 1.18. The van der Waals surface area contributed by atoms with Crippen molar-refractivity contribution in [2.24, 2.45) is 0 Å².